The van der Waals surface area contributed by atoms with Crippen LogP contribution in [0, 0.1) is 12.8 Å². The van der Waals surface area contributed by atoms with Gasteiger partial charge in [-0.15, -0.1) is 11.3 Å². The highest BCUT2D eigenvalue weighted by Gasteiger charge is 2.00. The minimum absolute atomic E-state index is 0.563. The molecule has 1 unspecified atom stereocenters. The van der Waals surface area contributed by atoms with Gasteiger partial charge in [-0.2, -0.15) is 0 Å². The molecule has 0 fully saturated rings. The zero-order valence-electron chi connectivity index (χ0n) is 8.92. The van der Waals surface area contributed by atoms with Gasteiger partial charge < -0.3 is 11.1 Å². The van der Waals surface area contributed by atoms with Crippen LogP contribution in [-0.2, 0) is 6.42 Å². The standard InChI is InChI=1S/C10H19N3S/c1-8(5-11)6-12-4-3-10-13-9(2)7-14-10/h7-8,12H,3-6,11H2,1-2H3. The lowest BCUT2D eigenvalue weighted by atomic mass is 10.2. The lowest BCUT2D eigenvalue weighted by Crippen LogP contribution is -2.27. The van der Waals surface area contributed by atoms with Crippen molar-refractivity contribution in [2.45, 2.75) is 20.3 Å². The molecule has 0 aliphatic rings. The SMILES string of the molecule is Cc1csc(CCNCC(C)CN)n1. The molecule has 0 aromatic carbocycles. The number of hydrogen-bond donors (Lipinski definition) is 2. The number of rotatable bonds is 6. The van der Waals surface area contributed by atoms with Crippen LogP contribution in [0.2, 0.25) is 0 Å². The van der Waals surface area contributed by atoms with E-state index in [2.05, 4.69) is 22.6 Å². The van der Waals surface area contributed by atoms with Crippen molar-refractivity contribution in [3.63, 3.8) is 0 Å². The van der Waals surface area contributed by atoms with Crippen LogP contribution in [-0.4, -0.2) is 24.6 Å². The van der Waals surface area contributed by atoms with Gasteiger partial charge in [0, 0.05) is 24.0 Å². The normalized spacial score (nSPS) is 13.1. The topological polar surface area (TPSA) is 50.9 Å². The van der Waals surface area contributed by atoms with E-state index in [0.29, 0.717) is 5.92 Å². The van der Waals surface area contributed by atoms with Crippen LogP contribution in [0.15, 0.2) is 5.38 Å². The van der Waals surface area contributed by atoms with Crippen LogP contribution >= 0.6 is 11.3 Å². The Morgan fingerprint density at radius 3 is 3.00 bits per heavy atom. The summed E-state index contributed by atoms with van der Waals surface area (Å²) >= 11 is 1.74. The molecule has 1 heterocycles. The molecular formula is C10H19N3S. The molecule has 14 heavy (non-hydrogen) atoms. The van der Waals surface area contributed by atoms with Crippen molar-refractivity contribution in [3.8, 4) is 0 Å². The molecule has 0 saturated carbocycles. The van der Waals surface area contributed by atoms with E-state index in [0.717, 1.165) is 31.7 Å². The van der Waals surface area contributed by atoms with E-state index in [1.165, 1.54) is 5.01 Å². The van der Waals surface area contributed by atoms with E-state index in [9.17, 15) is 0 Å². The molecular weight excluding hydrogens is 194 g/mol. The highest BCUT2D eigenvalue weighted by atomic mass is 32.1. The van der Waals surface area contributed by atoms with Gasteiger partial charge in [-0.3, -0.25) is 0 Å². The number of thiazole rings is 1. The monoisotopic (exact) mass is 213 g/mol. The summed E-state index contributed by atoms with van der Waals surface area (Å²) in [5.41, 5.74) is 6.64. The number of nitrogens with zero attached hydrogens (tertiary/aromatic N) is 1. The average Bonchev–Trinajstić information content (AvgIpc) is 2.58. The van der Waals surface area contributed by atoms with Crippen LogP contribution in [0.5, 0.6) is 0 Å². The maximum Gasteiger partial charge on any atom is 0.0940 e. The van der Waals surface area contributed by atoms with E-state index >= 15 is 0 Å². The molecule has 3 N–H and O–H groups in total. The highest BCUT2D eigenvalue weighted by Crippen LogP contribution is 2.08. The summed E-state index contributed by atoms with van der Waals surface area (Å²) in [6, 6.07) is 0. The summed E-state index contributed by atoms with van der Waals surface area (Å²) < 4.78 is 0. The summed E-state index contributed by atoms with van der Waals surface area (Å²) in [6.45, 7) is 6.94. The van der Waals surface area contributed by atoms with Crippen molar-refractivity contribution in [2.75, 3.05) is 19.6 Å². The Morgan fingerprint density at radius 1 is 1.64 bits per heavy atom. The largest absolute Gasteiger partial charge is 0.330 e. The van der Waals surface area contributed by atoms with Gasteiger partial charge in [0.05, 0.1) is 5.01 Å². The van der Waals surface area contributed by atoms with Gasteiger partial charge in [-0.05, 0) is 25.9 Å². The van der Waals surface area contributed by atoms with Gasteiger partial charge in [0.1, 0.15) is 0 Å². The molecule has 3 nitrogen and oxygen atoms in total. The number of aromatic nitrogens is 1. The molecule has 1 atom stereocenters. The first-order valence-electron chi connectivity index (χ1n) is 5.04. The predicted molar refractivity (Wildman–Crippen MR) is 61.6 cm³/mol. The first-order chi connectivity index (χ1) is 6.72. The lowest BCUT2D eigenvalue weighted by Gasteiger charge is -2.08. The van der Waals surface area contributed by atoms with Gasteiger partial charge in [-0.1, -0.05) is 6.92 Å². The molecule has 0 aliphatic heterocycles. The molecule has 0 amide bonds. The first kappa shape index (κ1) is 11.6. The fraction of sp³-hybridized carbons (Fsp3) is 0.700. The predicted octanol–water partition coefficient (Wildman–Crippen LogP) is 1.18. The Morgan fingerprint density at radius 2 is 2.43 bits per heavy atom. The Labute approximate surface area is 89.7 Å². The zero-order valence-corrected chi connectivity index (χ0v) is 9.73. The van der Waals surface area contributed by atoms with Crippen molar-refractivity contribution < 1.29 is 0 Å². The zero-order chi connectivity index (χ0) is 10.4. The maximum atomic E-state index is 5.52. The van der Waals surface area contributed by atoms with Gasteiger partial charge in [0.2, 0.25) is 0 Å². The van der Waals surface area contributed by atoms with E-state index in [1.54, 1.807) is 11.3 Å². The molecule has 0 spiro atoms. The Kier molecular flexibility index (Phi) is 5.07. The summed E-state index contributed by atoms with van der Waals surface area (Å²) in [7, 11) is 0. The van der Waals surface area contributed by atoms with Gasteiger partial charge >= 0.3 is 0 Å². The van der Waals surface area contributed by atoms with Gasteiger partial charge in [-0.25, -0.2) is 4.98 Å². The van der Waals surface area contributed by atoms with Crippen molar-refractivity contribution in [3.05, 3.63) is 16.1 Å². The number of nitrogens with one attached hydrogen (secondary N) is 1. The third kappa shape index (κ3) is 4.17. The molecule has 0 bridgehead atoms. The number of hydrogen-bond acceptors (Lipinski definition) is 4. The summed E-state index contributed by atoms with van der Waals surface area (Å²) in [6.07, 6.45) is 1.02. The van der Waals surface area contributed by atoms with E-state index in [4.69, 9.17) is 5.73 Å². The van der Waals surface area contributed by atoms with Crippen molar-refractivity contribution in [1.29, 1.82) is 0 Å². The second-order valence-corrected chi connectivity index (χ2v) is 4.62. The third-order valence-electron chi connectivity index (χ3n) is 2.08. The fourth-order valence-corrected chi connectivity index (χ4v) is 1.92. The van der Waals surface area contributed by atoms with Gasteiger partial charge in [0.15, 0.2) is 0 Å². The second-order valence-electron chi connectivity index (χ2n) is 3.68. The lowest BCUT2D eigenvalue weighted by molar-refractivity contribution is 0.524. The third-order valence-corrected chi connectivity index (χ3v) is 3.10. The fourth-order valence-electron chi connectivity index (χ4n) is 1.14. The molecule has 1 rings (SSSR count). The number of nitrogens with two attached hydrogens (primary N) is 1. The molecule has 0 aliphatic carbocycles. The molecule has 0 saturated heterocycles. The van der Waals surface area contributed by atoms with Crippen LogP contribution in [0.4, 0.5) is 0 Å². The van der Waals surface area contributed by atoms with Crippen LogP contribution in [0.3, 0.4) is 0 Å². The summed E-state index contributed by atoms with van der Waals surface area (Å²) in [5.74, 6) is 0.563. The van der Waals surface area contributed by atoms with Crippen molar-refractivity contribution >= 4 is 11.3 Å². The average molecular weight is 213 g/mol. The van der Waals surface area contributed by atoms with Gasteiger partial charge in [0.25, 0.3) is 0 Å². The van der Waals surface area contributed by atoms with E-state index in [-0.39, 0.29) is 0 Å². The van der Waals surface area contributed by atoms with E-state index < -0.39 is 0 Å². The summed E-state index contributed by atoms with van der Waals surface area (Å²) in [5, 5.41) is 6.69. The van der Waals surface area contributed by atoms with Crippen LogP contribution < -0.4 is 11.1 Å². The van der Waals surface area contributed by atoms with Crippen molar-refractivity contribution in [2.24, 2.45) is 11.7 Å². The van der Waals surface area contributed by atoms with Crippen molar-refractivity contribution in [1.82, 2.24) is 10.3 Å². The minimum Gasteiger partial charge on any atom is -0.330 e. The molecule has 1 aromatic rings. The highest BCUT2D eigenvalue weighted by molar-refractivity contribution is 7.09. The Bertz CT molecular complexity index is 260. The molecule has 1 aromatic heterocycles. The Hall–Kier alpha value is -0.450. The molecule has 80 valence electrons. The maximum absolute atomic E-state index is 5.52. The van der Waals surface area contributed by atoms with E-state index in [1.807, 2.05) is 6.92 Å². The minimum atomic E-state index is 0.563. The quantitative estimate of drug-likeness (QED) is 0.698. The molecule has 4 heteroatoms. The van der Waals surface area contributed by atoms with Crippen LogP contribution in [0.25, 0.3) is 0 Å². The first-order valence-corrected chi connectivity index (χ1v) is 5.92. The second kappa shape index (κ2) is 6.11. The smallest absolute Gasteiger partial charge is 0.0940 e. The number of aryl methyl sites for hydroxylation is 1. The Balaban J connectivity index is 2.10. The van der Waals surface area contributed by atoms with Crippen LogP contribution in [0.1, 0.15) is 17.6 Å². The molecule has 0 radical (unpaired) electrons. The summed E-state index contributed by atoms with van der Waals surface area (Å²) in [4.78, 5) is 4.40.